The van der Waals surface area contributed by atoms with Gasteiger partial charge in [-0.2, -0.15) is 0 Å². The average Bonchev–Trinajstić information content (AvgIpc) is 3.57. The topological polar surface area (TPSA) is 93.9 Å². The number of para-hydroxylation sites is 1. The van der Waals surface area contributed by atoms with Crippen LogP contribution in [0.15, 0.2) is 72.8 Å². The second-order valence-electron chi connectivity index (χ2n) is 9.84. The smallest absolute Gasteiger partial charge is 0.256 e. The molecule has 3 aliphatic heterocycles. The van der Waals surface area contributed by atoms with Gasteiger partial charge in [0.15, 0.2) is 17.0 Å². The number of anilines is 1. The molecule has 1 N–H and O–H groups in total. The van der Waals surface area contributed by atoms with Gasteiger partial charge in [-0.3, -0.25) is 19.8 Å². The summed E-state index contributed by atoms with van der Waals surface area (Å²) in [6.45, 7) is 3.36. The molecule has 6 rings (SSSR count). The van der Waals surface area contributed by atoms with E-state index in [1.54, 1.807) is 0 Å². The van der Waals surface area contributed by atoms with E-state index in [9.17, 15) is 14.9 Å². The van der Waals surface area contributed by atoms with Crippen molar-refractivity contribution in [1.82, 2.24) is 4.90 Å². The molecule has 8 heteroatoms. The second kappa shape index (κ2) is 9.19. The predicted molar refractivity (Wildman–Crippen MR) is 138 cm³/mol. The zero-order valence-corrected chi connectivity index (χ0v) is 20.6. The Bertz CT molecular complexity index is 1350. The van der Waals surface area contributed by atoms with Gasteiger partial charge in [-0.05, 0) is 49.1 Å². The highest BCUT2D eigenvalue weighted by Gasteiger charge is 2.73. The first-order valence-electron chi connectivity index (χ1n) is 12.8. The van der Waals surface area contributed by atoms with Crippen molar-refractivity contribution in [2.75, 3.05) is 18.5 Å². The number of ether oxygens (including phenoxy) is 2. The SMILES string of the molecule is CCOc1cc([C@@H]2[C@@H]3CCCN3[C@]3(C(=O)Nc4ccccc43)[C@@H]2[N+](=O)[O-])ccc1OCc1ccccc1. The van der Waals surface area contributed by atoms with Gasteiger partial charge in [-0.25, -0.2) is 0 Å². The quantitative estimate of drug-likeness (QED) is 0.374. The van der Waals surface area contributed by atoms with Crippen molar-refractivity contribution in [2.24, 2.45) is 0 Å². The van der Waals surface area contributed by atoms with Crippen LogP contribution in [0, 0.1) is 10.1 Å². The van der Waals surface area contributed by atoms with Gasteiger partial charge in [0.05, 0.1) is 12.5 Å². The van der Waals surface area contributed by atoms with Crippen molar-refractivity contribution >= 4 is 11.6 Å². The standard InChI is InChI=1S/C29H29N3O5/c1-2-36-25-17-20(14-15-24(25)37-18-19-9-4-3-5-10-19)26-23-13-8-16-31(23)29(27(26)32(34)35)21-11-6-7-12-22(21)30-28(29)33/h3-7,9-12,14-15,17,23,26-27H,2,8,13,16,18H2,1H3,(H,30,33)/t23-,26+,27+,29-/m0/s1. The van der Waals surface area contributed by atoms with Crippen molar-refractivity contribution in [3.63, 3.8) is 0 Å². The normalized spacial score (nSPS) is 26.1. The number of hydrogen-bond acceptors (Lipinski definition) is 6. The van der Waals surface area contributed by atoms with Crippen LogP contribution in [-0.2, 0) is 16.9 Å². The summed E-state index contributed by atoms with van der Waals surface area (Å²) < 4.78 is 12.0. The monoisotopic (exact) mass is 499 g/mol. The molecule has 3 aromatic rings. The summed E-state index contributed by atoms with van der Waals surface area (Å²) in [6.07, 6.45) is 1.68. The van der Waals surface area contributed by atoms with Crippen molar-refractivity contribution in [3.05, 3.63) is 99.6 Å². The number of amides is 1. The van der Waals surface area contributed by atoms with Crippen molar-refractivity contribution in [1.29, 1.82) is 0 Å². The molecule has 0 aliphatic carbocycles. The molecule has 0 aromatic heterocycles. The van der Waals surface area contributed by atoms with Crippen LogP contribution in [0.2, 0.25) is 0 Å². The maximum atomic E-state index is 13.6. The van der Waals surface area contributed by atoms with Gasteiger partial charge >= 0.3 is 0 Å². The number of rotatable bonds is 7. The Morgan fingerprint density at radius 3 is 2.62 bits per heavy atom. The summed E-state index contributed by atoms with van der Waals surface area (Å²) in [7, 11) is 0. The molecule has 1 amide bonds. The second-order valence-corrected chi connectivity index (χ2v) is 9.84. The van der Waals surface area contributed by atoms with Gasteiger partial charge in [-0.15, -0.1) is 0 Å². The average molecular weight is 500 g/mol. The molecule has 1 spiro atoms. The van der Waals surface area contributed by atoms with Gasteiger partial charge in [0.25, 0.3) is 11.9 Å². The molecule has 4 atom stereocenters. The lowest BCUT2D eigenvalue weighted by Crippen LogP contribution is -2.55. The fourth-order valence-corrected chi connectivity index (χ4v) is 6.63. The van der Waals surface area contributed by atoms with Crippen molar-refractivity contribution < 1.29 is 19.2 Å². The van der Waals surface area contributed by atoms with E-state index in [1.165, 1.54) is 0 Å². The molecule has 3 aliphatic rings. The Kier molecular flexibility index (Phi) is 5.83. The van der Waals surface area contributed by atoms with Crippen LogP contribution in [0.1, 0.15) is 42.4 Å². The molecule has 0 bridgehead atoms. The summed E-state index contributed by atoms with van der Waals surface area (Å²) in [4.78, 5) is 28.3. The lowest BCUT2D eigenvalue weighted by Gasteiger charge is -2.32. The minimum absolute atomic E-state index is 0.127. The number of nitrogens with zero attached hydrogens (tertiary/aromatic N) is 2. The summed E-state index contributed by atoms with van der Waals surface area (Å²) in [5.74, 6) is 0.362. The highest BCUT2D eigenvalue weighted by molar-refractivity contribution is 6.07. The third-order valence-electron chi connectivity index (χ3n) is 7.98. The number of nitro groups is 1. The molecule has 2 fully saturated rings. The zero-order valence-electron chi connectivity index (χ0n) is 20.6. The number of carbonyl (C=O) groups is 1. The van der Waals surface area contributed by atoms with Crippen LogP contribution < -0.4 is 14.8 Å². The molecular weight excluding hydrogens is 470 g/mol. The molecular formula is C29H29N3O5. The molecule has 0 radical (unpaired) electrons. The fraction of sp³-hybridized carbons (Fsp3) is 0.345. The van der Waals surface area contributed by atoms with Crippen LogP contribution in [0.3, 0.4) is 0 Å². The summed E-state index contributed by atoms with van der Waals surface area (Å²) in [5.41, 5.74) is 1.85. The third kappa shape index (κ3) is 3.58. The number of fused-ring (bicyclic) bond motifs is 4. The van der Waals surface area contributed by atoms with Crippen LogP contribution in [0.25, 0.3) is 0 Å². The highest BCUT2D eigenvalue weighted by Crippen LogP contribution is 2.58. The number of benzene rings is 3. The van der Waals surface area contributed by atoms with Crippen LogP contribution in [0.4, 0.5) is 5.69 Å². The first kappa shape index (κ1) is 23.5. The first-order valence-corrected chi connectivity index (χ1v) is 12.8. The molecule has 8 nitrogen and oxygen atoms in total. The molecule has 37 heavy (non-hydrogen) atoms. The van der Waals surface area contributed by atoms with Crippen LogP contribution in [-0.4, -0.2) is 41.0 Å². The van der Waals surface area contributed by atoms with E-state index in [-0.39, 0.29) is 16.9 Å². The van der Waals surface area contributed by atoms with E-state index in [0.717, 1.165) is 24.0 Å². The van der Waals surface area contributed by atoms with Gasteiger partial charge in [0, 0.05) is 28.8 Å². The first-order chi connectivity index (χ1) is 18.1. The Balaban J connectivity index is 1.42. The summed E-state index contributed by atoms with van der Waals surface area (Å²) >= 11 is 0. The Morgan fingerprint density at radius 2 is 1.84 bits per heavy atom. The molecule has 190 valence electrons. The minimum atomic E-state index is -1.33. The molecule has 3 aromatic carbocycles. The minimum Gasteiger partial charge on any atom is -0.490 e. The summed E-state index contributed by atoms with van der Waals surface area (Å²) in [5, 5.41) is 15.8. The van der Waals surface area contributed by atoms with E-state index in [4.69, 9.17) is 9.47 Å². The van der Waals surface area contributed by atoms with Crippen molar-refractivity contribution in [3.8, 4) is 11.5 Å². The predicted octanol–water partition coefficient (Wildman–Crippen LogP) is 4.72. The number of nitrogens with one attached hydrogen (secondary N) is 1. The molecule has 0 unspecified atom stereocenters. The van der Waals surface area contributed by atoms with E-state index in [2.05, 4.69) is 10.2 Å². The van der Waals surface area contributed by atoms with E-state index < -0.39 is 17.5 Å². The lowest BCUT2D eigenvalue weighted by molar-refractivity contribution is -0.534. The number of carbonyl (C=O) groups excluding carboxylic acids is 1. The Hall–Kier alpha value is -3.91. The van der Waals surface area contributed by atoms with E-state index >= 15 is 0 Å². The fourth-order valence-electron chi connectivity index (χ4n) is 6.63. The zero-order chi connectivity index (χ0) is 25.6. The van der Waals surface area contributed by atoms with Gasteiger partial charge in [0.1, 0.15) is 6.61 Å². The molecule has 0 saturated carbocycles. The molecule has 3 heterocycles. The third-order valence-corrected chi connectivity index (χ3v) is 7.98. The lowest BCUT2D eigenvalue weighted by atomic mass is 9.77. The summed E-state index contributed by atoms with van der Waals surface area (Å²) in [6, 6.07) is 21.6. The Morgan fingerprint density at radius 1 is 1.05 bits per heavy atom. The van der Waals surface area contributed by atoms with Crippen molar-refractivity contribution in [2.45, 2.75) is 49.9 Å². The van der Waals surface area contributed by atoms with E-state index in [0.29, 0.717) is 42.5 Å². The van der Waals surface area contributed by atoms with Crippen LogP contribution >= 0.6 is 0 Å². The Labute approximate surface area is 215 Å². The van der Waals surface area contributed by atoms with Gasteiger partial charge < -0.3 is 14.8 Å². The number of hydrogen-bond donors (Lipinski definition) is 1. The van der Waals surface area contributed by atoms with Gasteiger partial charge in [-0.1, -0.05) is 54.6 Å². The maximum Gasteiger partial charge on any atom is 0.256 e. The van der Waals surface area contributed by atoms with Gasteiger partial charge in [0.2, 0.25) is 0 Å². The highest BCUT2D eigenvalue weighted by atomic mass is 16.6. The molecule has 2 saturated heterocycles. The van der Waals surface area contributed by atoms with Crippen LogP contribution in [0.5, 0.6) is 11.5 Å². The van der Waals surface area contributed by atoms with E-state index in [1.807, 2.05) is 79.7 Å². The largest absolute Gasteiger partial charge is 0.490 e. The maximum absolute atomic E-state index is 13.6.